The molecule has 0 spiro atoms. The average molecular weight is 379 g/mol. The number of anilines is 1. The van der Waals surface area contributed by atoms with Crippen LogP contribution in [0.1, 0.15) is 11.1 Å². The van der Waals surface area contributed by atoms with E-state index in [9.17, 15) is 8.42 Å². The second-order valence-electron chi connectivity index (χ2n) is 6.31. The molecule has 0 bridgehead atoms. The van der Waals surface area contributed by atoms with Crippen LogP contribution >= 0.6 is 0 Å². The molecule has 1 N–H and O–H groups in total. The molecule has 2 aromatic carbocycles. The SMILES string of the molecule is Cc1ccc(C)c(S(=O)(=O)Nc2cccc(-c3ccc4nncn4n3)c2)c1. The van der Waals surface area contributed by atoms with Gasteiger partial charge in [-0.25, -0.2) is 8.42 Å². The van der Waals surface area contributed by atoms with Crippen LogP contribution in [0, 0.1) is 13.8 Å². The Morgan fingerprint density at radius 1 is 1.00 bits per heavy atom. The predicted octanol–water partition coefficient (Wildman–Crippen LogP) is 3.21. The van der Waals surface area contributed by atoms with Crippen LogP contribution in [0.15, 0.2) is 65.8 Å². The molecule has 0 saturated carbocycles. The Balaban J connectivity index is 1.69. The number of hydrogen-bond acceptors (Lipinski definition) is 5. The number of sulfonamides is 1. The third-order valence-corrected chi connectivity index (χ3v) is 5.73. The van der Waals surface area contributed by atoms with Crippen molar-refractivity contribution in [1.29, 1.82) is 0 Å². The van der Waals surface area contributed by atoms with Crippen molar-refractivity contribution in [3.8, 4) is 11.3 Å². The minimum absolute atomic E-state index is 0.275. The van der Waals surface area contributed by atoms with Crippen LogP contribution in [0.2, 0.25) is 0 Å². The molecule has 0 aliphatic carbocycles. The third-order valence-electron chi connectivity index (χ3n) is 4.21. The summed E-state index contributed by atoms with van der Waals surface area (Å²) in [5, 5.41) is 12.2. The molecule has 0 saturated heterocycles. The Morgan fingerprint density at radius 2 is 1.85 bits per heavy atom. The lowest BCUT2D eigenvalue weighted by Crippen LogP contribution is -2.14. The summed E-state index contributed by atoms with van der Waals surface area (Å²) in [4.78, 5) is 0.275. The van der Waals surface area contributed by atoms with Gasteiger partial charge in [0, 0.05) is 11.3 Å². The Kier molecular flexibility index (Phi) is 4.12. The maximum Gasteiger partial charge on any atom is 0.262 e. The molecule has 0 radical (unpaired) electrons. The molecule has 0 aliphatic heterocycles. The Bertz CT molecular complexity index is 1250. The summed E-state index contributed by atoms with van der Waals surface area (Å²) < 4.78 is 29.9. The molecule has 0 aliphatic rings. The van der Waals surface area contributed by atoms with Gasteiger partial charge >= 0.3 is 0 Å². The molecule has 27 heavy (non-hydrogen) atoms. The molecule has 4 rings (SSSR count). The van der Waals surface area contributed by atoms with E-state index in [1.54, 1.807) is 41.8 Å². The third kappa shape index (κ3) is 3.39. The van der Waals surface area contributed by atoms with Crippen LogP contribution in [0.5, 0.6) is 0 Å². The normalized spacial score (nSPS) is 11.6. The fraction of sp³-hybridized carbons (Fsp3) is 0.105. The topological polar surface area (TPSA) is 89.2 Å². The van der Waals surface area contributed by atoms with Crippen molar-refractivity contribution in [3.05, 3.63) is 72.1 Å². The summed E-state index contributed by atoms with van der Waals surface area (Å²) in [7, 11) is -3.69. The van der Waals surface area contributed by atoms with Crippen LogP contribution in [-0.4, -0.2) is 28.2 Å². The zero-order valence-electron chi connectivity index (χ0n) is 14.8. The highest BCUT2D eigenvalue weighted by atomic mass is 32.2. The van der Waals surface area contributed by atoms with E-state index in [-0.39, 0.29) is 4.90 Å². The zero-order valence-corrected chi connectivity index (χ0v) is 15.6. The van der Waals surface area contributed by atoms with E-state index in [0.717, 1.165) is 11.1 Å². The Hall–Kier alpha value is -3.26. The predicted molar refractivity (Wildman–Crippen MR) is 103 cm³/mol. The molecule has 4 aromatic rings. The Morgan fingerprint density at radius 3 is 2.70 bits per heavy atom. The standard InChI is InChI=1S/C19H17N5O2S/c1-13-6-7-14(2)18(10-13)27(25,26)23-16-5-3-4-15(11-16)17-8-9-19-21-20-12-24(19)22-17/h3-12,23H,1-2H3. The number of nitrogens with one attached hydrogen (secondary N) is 1. The lowest BCUT2D eigenvalue weighted by atomic mass is 10.1. The van der Waals surface area contributed by atoms with Crippen molar-refractivity contribution in [2.24, 2.45) is 0 Å². The number of aryl methyl sites for hydroxylation is 2. The van der Waals surface area contributed by atoms with Crippen LogP contribution in [0.4, 0.5) is 5.69 Å². The summed E-state index contributed by atoms with van der Waals surface area (Å²) in [6, 6.07) is 16.1. The van der Waals surface area contributed by atoms with E-state index in [4.69, 9.17) is 0 Å². The number of benzene rings is 2. The zero-order chi connectivity index (χ0) is 19.0. The summed E-state index contributed by atoms with van der Waals surface area (Å²) in [6.45, 7) is 3.65. The first-order valence-electron chi connectivity index (χ1n) is 8.30. The minimum Gasteiger partial charge on any atom is -0.280 e. The number of fused-ring (bicyclic) bond motifs is 1. The number of hydrogen-bond donors (Lipinski definition) is 1. The summed E-state index contributed by atoms with van der Waals surface area (Å²) >= 11 is 0. The lowest BCUT2D eigenvalue weighted by Gasteiger charge is -2.12. The largest absolute Gasteiger partial charge is 0.280 e. The van der Waals surface area contributed by atoms with Crippen molar-refractivity contribution >= 4 is 21.4 Å². The van der Waals surface area contributed by atoms with E-state index >= 15 is 0 Å². The number of aromatic nitrogens is 4. The molecule has 0 atom stereocenters. The second kappa shape index (κ2) is 6.48. The van der Waals surface area contributed by atoms with Crippen LogP contribution in [0.3, 0.4) is 0 Å². The van der Waals surface area contributed by atoms with Crippen molar-refractivity contribution in [2.75, 3.05) is 4.72 Å². The smallest absolute Gasteiger partial charge is 0.262 e. The van der Waals surface area contributed by atoms with Gasteiger partial charge in [-0.1, -0.05) is 24.3 Å². The number of nitrogens with zero attached hydrogens (tertiary/aromatic N) is 4. The van der Waals surface area contributed by atoms with Crippen molar-refractivity contribution in [2.45, 2.75) is 18.7 Å². The van der Waals surface area contributed by atoms with Gasteiger partial charge in [0.15, 0.2) is 5.65 Å². The van der Waals surface area contributed by atoms with Gasteiger partial charge < -0.3 is 0 Å². The molecule has 2 heterocycles. The fourth-order valence-corrected chi connectivity index (χ4v) is 4.21. The van der Waals surface area contributed by atoms with Crippen LogP contribution < -0.4 is 4.72 Å². The van der Waals surface area contributed by atoms with Gasteiger partial charge in [0.25, 0.3) is 10.0 Å². The lowest BCUT2D eigenvalue weighted by molar-refractivity contribution is 0.600. The van der Waals surface area contributed by atoms with Gasteiger partial charge in [0.1, 0.15) is 6.33 Å². The maximum absolute atomic E-state index is 12.8. The Labute approximate surface area is 156 Å². The van der Waals surface area contributed by atoms with Gasteiger partial charge in [-0.2, -0.15) is 9.61 Å². The molecule has 0 amide bonds. The second-order valence-corrected chi connectivity index (χ2v) is 7.96. The fourth-order valence-electron chi connectivity index (χ4n) is 2.83. The molecule has 2 aromatic heterocycles. The molecule has 0 unspecified atom stereocenters. The van der Waals surface area contributed by atoms with E-state index in [1.807, 2.05) is 31.2 Å². The molecule has 0 fully saturated rings. The first-order chi connectivity index (χ1) is 12.9. The van der Waals surface area contributed by atoms with Crippen molar-refractivity contribution in [3.63, 3.8) is 0 Å². The van der Waals surface area contributed by atoms with E-state index in [1.165, 1.54) is 6.33 Å². The highest BCUT2D eigenvalue weighted by Crippen LogP contribution is 2.24. The minimum atomic E-state index is -3.69. The molecular weight excluding hydrogens is 362 g/mol. The first-order valence-corrected chi connectivity index (χ1v) is 9.78. The van der Waals surface area contributed by atoms with Gasteiger partial charge in [-0.05, 0) is 55.3 Å². The van der Waals surface area contributed by atoms with Crippen molar-refractivity contribution < 1.29 is 8.42 Å². The monoisotopic (exact) mass is 379 g/mol. The quantitative estimate of drug-likeness (QED) is 0.588. The van der Waals surface area contributed by atoms with Crippen LogP contribution in [-0.2, 0) is 10.0 Å². The van der Waals surface area contributed by atoms with Gasteiger partial charge in [-0.15, -0.1) is 10.2 Å². The molecule has 136 valence electrons. The van der Waals surface area contributed by atoms with Crippen molar-refractivity contribution in [1.82, 2.24) is 19.8 Å². The highest BCUT2D eigenvalue weighted by molar-refractivity contribution is 7.92. The highest BCUT2D eigenvalue weighted by Gasteiger charge is 2.17. The first kappa shape index (κ1) is 17.2. The van der Waals surface area contributed by atoms with Gasteiger partial charge in [0.05, 0.1) is 10.6 Å². The molecular formula is C19H17N5O2S. The number of rotatable bonds is 4. The molecule has 7 nitrogen and oxygen atoms in total. The van der Waals surface area contributed by atoms with Gasteiger partial charge in [-0.3, -0.25) is 4.72 Å². The van der Waals surface area contributed by atoms with E-state index in [0.29, 0.717) is 22.6 Å². The molecule has 8 heteroatoms. The van der Waals surface area contributed by atoms with E-state index in [2.05, 4.69) is 20.0 Å². The summed E-state index contributed by atoms with van der Waals surface area (Å²) in [5.41, 5.74) is 4.18. The average Bonchev–Trinajstić information content (AvgIpc) is 3.11. The van der Waals surface area contributed by atoms with Crippen LogP contribution in [0.25, 0.3) is 16.9 Å². The van der Waals surface area contributed by atoms with E-state index < -0.39 is 10.0 Å². The maximum atomic E-state index is 12.8. The summed E-state index contributed by atoms with van der Waals surface area (Å²) in [6.07, 6.45) is 1.52. The van der Waals surface area contributed by atoms with Gasteiger partial charge in [0.2, 0.25) is 0 Å². The summed E-state index contributed by atoms with van der Waals surface area (Å²) in [5.74, 6) is 0.